The predicted octanol–water partition coefficient (Wildman–Crippen LogP) is 1.49. The second-order valence-electron chi connectivity index (χ2n) is 5.38. The largest absolute Gasteiger partial charge is 0.467 e. The van der Waals surface area contributed by atoms with Gasteiger partial charge in [0.15, 0.2) is 0 Å². The molecule has 2 rings (SSSR count). The number of carbonyl (C=O) groups excluding carboxylic acids is 2. The Labute approximate surface area is 140 Å². The van der Waals surface area contributed by atoms with Crippen molar-refractivity contribution in [1.82, 2.24) is 10.6 Å². The summed E-state index contributed by atoms with van der Waals surface area (Å²) in [6.45, 7) is 2.08. The highest BCUT2D eigenvalue weighted by atomic mass is 16.3. The number of urea groups is 1. The van der Waals surface area contributed by atoms with Gasteiger partial charge in [-0.25, -0.2) is 4.79 Å². The molecule has 0 fully saturated rings. The van der Waals surface area contributed by atoms with Gasteiger partial charge < -0.3 is 19.7 Å². The maximum Gasteiger partial charge on any atom is 0.321 e. The number of nitrogens with zero attached hydrogens (tertiary/aromatic N) is 1. The number of hydrogen-bond acceptors (Lipinski definition) is 5. The quantitative estimate of drug-likeness (QED) is 0.714. The minimum absolute atomic E-state index is 0.0386. The molecule has 0 aliphatic heterocycles. The van der Waals surface area contributed by atoms with Crippen molar-refractivity contribution >= 4 is 17.6 Å². The molecule has 0 saturated carbocycles. The van der Waals surface area contributed by atoms with E-state index in [9.17, 15) is 14.7 Å². The van der Waals surface area contributed by atoms with Gasteiger partial charge in [-0.1, -0.05) is 18.2 Å². The summed E-state index contributed by atoms with van der Waals surface area (Å²) in [6.07, 6.45) is 0.902. The maximum atomic E-state index is 12.1. The summed E-state index contributed by atoms with van der Waals surface area (Å²) in [7, 11) is 0. The second kappa shape index (κ2) is 8.73. The van der Waals surface area contributed by atoms with E-state index in [0.717, 1.165) is 5.69 Å². The van der Waals surface area contributed by atoms with Crippen LogP contribution in [0.2, 0.25) is 0 Å². The molecule has 0 aliphatic rings. The number of para-hydroxylation sites is 1. The fourth-order valence-corrected chi connectivity index (χ4v) is 2.18. The number of benzene rings is 1. The molecule has 128 valence electrons. The third-order valence-electron chi connectivity index (χ3n) is 3.20. The number of hydrogen-bond donors (Lipinski definition) is 3. The van der Waals surface area contributed by atoms with Gasteiger partial charge in [-0.3, -0.25) is 10.1 Å². The minimum atomic E-state index is -0.606. The second-order valence-corrected chi connectivity index (χ2v) is 5.38. The maximum absolute atomic E-state index is 12.1. The Bertz CT molecular complexity index is 641. The molecular formula is C17H21N3O4. The Kier molecular flexibility index (Phi) is 6.39. The van der Waals surface area contributed by atoms with Gasteiger partial charge >= 0.3 is 6.03 Å². The van der Waals surface area contributed by atoms with Gasteiger partial charge in [-0.2, -0.15) is 0 Å². The van der Waals surface area contributed by atoms with E-state index in [0.29, 0.717) is 5.76 Å². The van der Waals surface area contributed by atoms with Gasteiger partial charge in [-0.15, -0.1) is 0 Å². The number of anilines is 1. The molecule has 7 heteroatoms. The molecule has 0 bridgehead atoms. The molecule has 2 aromatic rings. The van der Waals surface area contributed by atoms with E-state index in [1.54, 1.807) is 24.0 Å². The zero-order valence-electron chi connectivity index (χ0n) is 13.4. The lowest BCUT2D eigenvalue weighted by Crippen LogP contribution is -2.45. The van der Waals surface area contributed by atoms with Crippen LogP contribution in [0.3, 0.4) is 0 Å². The third-order valence-corrected chi connectivity index (χ3v) is 3.20. The van der Waals surface area contributed by atoms with Crippen LogP contribution in [-0.4, -0.2) is 36.2 Å². The number of amides is 3. The van der Waals surface area contributed by atoms with Gasteiger partial charge in [0.2, 0.25) is 5.91 Å². The molecule has 3 amide bonds. The minimum Gasteiger partial charge on any atom is -0.467 e. The van der Waals surface area contributed by atoms with Crippen LogP contribution < -0.4 is 15.5 Å². The van der Waals surface area contributed by atoms with E-state index in [1.807, 2.05) is 30.3 Å². The lowest BCUT2D eigenvalue weighted by atomic mass is 10.2. The summed E-state index contributed by atoms with van der Waals surface area (Å²) in [5, 5.41) is 14.4. The van der Waals surface area contributed by atoms with Crippen LogP contribution in [0, 0.1) is 0 Å². The lowest BCUT2D eigenvalue weighted by Gasteiger charge is -2.25. The number of furan rings is 1. The Morgan fingerprint density at radius 2 is 1.96 bits per heavy atom. The molecule has 0 spiro atoms. The lowest BCUT2D eigenvalue weighted by molar-refractivity contribution is -0.118. The average molecular weight is 331 g/mol. The van der Waals surface area contributed by atoms with Crippen LogP contribution in [0.4, 0.5) is 10.5 Å². The fourth-order valence-electron chi connectivity index (χ4n) is 2.18. The molecular weight excluding hydrogens is 310 g/mol. The first kappa shape index (κ1) is 17.6. The molecule has 0 saturated heterocycles. The van der Waals surface area contributed by atoms with Gasteiger partial charge in [0, 0.05) is 12.2 Å². The Morgan fingerprint density at radius 1 is 1.21 bits per heavy atom. The van der Waals surface area contributed by atoms with Crippen molar-refractivity contribution in [3.63, 3.8) is 0 Å². The molecule has 1 atom stereocenters. The highest BCUT2D eigenvalue weighted by Gasteiger charge is 2.15. The van der Waals surface area contributed by atoms with E-state index in [1.165, 1.54) is 6.26 Å². The summed E-state index contributed by atoms with van der Waals surface area (Å²) in [4.78, 5) is 25.5. The van der Waals surface area contributed by atoms with Crippen LogP contribution in [0.15, 0.2) is 53.1 Å². The summed E-state index contributed by atoms with van der Waals surface area (Å²) in [5.41, 5.74) is 0.796. The molecule has 0 radical (unpaired) electrons. The molecule has 0 unspecified atom stereocenters. The molecule has 1 aromatic carbocycles. The molecule has 0 aliphatic carbocycles. The topological polar surface area (TPSA) is 94.8 Å². The van der Waals surface area contributed by atoms with Crippen molar-refractivity contribution < 1.29 is 19.1 Å². The molecule has 3 N–H and O–H groups in total. The molecule has 24 heavy (non-hydrogen) atoms. The summed E-state index contributed by atoms with van der Waals surface area (Å²) in [6, 6.07) is 12.1. The SMILES string of the molecule is C[C@H](O)CN(CC(=O)NC(=O)NCc1ccco1)c1ccccc1. The number of imide groups is 1. The third kappa shape index (κ3) is 5.77. The first-order chi connectivity index (χ1) is 11.5. The van der Waals surface area contributed by atoms with E-state index in [2.05, 4.69) is 10.6 Å². The van der Waals surface area contributed by atoms with Crippen molar-refractivity contribution in [2.24, 2.45) is 0 Å². The Balaban J connectivity index is 1.86. The first-order valence-electron chi connectivity index (χ1n) is 7.62. The van der Waals surface area contributed by atoms with Crippen LogP contribution >= 0.6 is 0 Å². The number of aliphatic hydroxyl groups excluding tert-OH is 1. The zero-order chi connectivity index (χ0) is 17.4. The van der Waals surface area contributed by atoms with Crippen LogP contribution in [0.25, 0.3) is 0 Å². The van der Waals surface area contributed by atoms with Crippen LogP contribution in [0.5, 0.6) is 0 Å². The Hall–Kier alpha value is -2.80. The number of carbonyl (C=O) groups is 2. The fraction of sp³-hybridized carbons (Fsp3) is 0.294. The summed E-state index contributed by atoms with van der Waals surface area (Å²) < 4.78 is 5.09. The monoisotopic (exact) mass is 331 g/mol. The Morgan fingerprint density at radius 3 is 2.58 bits per heavy atom. The van der Waals surface area contributed by atoms with E-state index >= 15 is 0 Å². The summed E-state index contributed by atoms with van der Waals surface area (Å²) in [5.74, 6) is 0.133. The van der Waals surface area contributed by atoms with Crippen molar-refractivity contribution in [3.05, 3.63) is 54.5 Å². The smallest absolute Gasteiger partial charge is 0.321 e. The van der Waals surface area contributed by atoms with Gasteiger partial charge in [0.1, 0.15) is 5.76 Å². The van der Waals surface area contributed by atoms with Crippen molar-refractivity contribution in [2.75, 3.05) is 18.0 Å². The van der Waals surface area contributed by atoms with Gasteiger partial charge in [-0.05, 0) is 31.2 Å². The highest BCUT2D eigenvalue weighted by molar-refractivity contribution is 5.96. The van der Waals surface area contributed by atoms with Gasteiger partial charge in [0.05, 0.1) is 25.5 Å². The standard InChI is InChI=1S/C17H21N3O4/c1-13(21)11-20(14-6-3-2-4-7-14)12-16(22)19-17(23)18-10-15-8-5-9-24-15/h2-9,13,21H,10-12H2,1H3,(H2,18,19,22,23)/t13-/m0/s1. The number of aliphatic hydroxyl groups is 1. The first-order valence-corrected chi connectivity index (χ1v) is 7.62. The predicted molar refractivity (Wildman–Crippen MR) is 89.4 cm³/mol. The average Bonchev–Trinajstić information content (AvgIpc) is 3.06. The van der Waals surface area contributed by atoms with Crippen molar-refractivity contribution in [3.8, 4) is 0 Å². The van der Waals surface area contributed by atoms with Crippen molar-refractivity contribution in [2.45, 2.75) is 19.6 Å². The van der Waals surface area contributed by atoms with E-state index in [-0.39, 0.29) is 19.6 Å². The van der Waals surface area contributed by atoms with E-state index < -0.39 is 18.0 Å². The van der Waals surface area contributed by atoms with Crippen LogP contribution in [-0.2, 0) is 11.3 Å². The van der Waals surface area contributed by atoms with Crippen molar-refractivity contribution in [1.29, 1.82) is 0 Å². The molecule has 7 nitrogen and oxygen atoms in total. The van der Waals surface area contributed by atoms with Crippen LogP contribution in [0.1, 0.15) is 12.7 Å². The molecule has 1 aromatic heterocycles. The van der Waals surface area contributed by atoms with Gasteiger partial charge in [0.25, 0.3) is 0 Å². The number of nitrogens with one attached hydrogen (secondary N) is 2. The molecule has 1 heterocycles. The van der Waals surface area contributed by atoms with E-state index in [4.69, 9.17) is 4.42 Å². The highest BCUT2D eigenvalue weighted by Crippen LogP contribution is 2.13. The summed E-state index contributed by atoms with van der Waals surface area (Å²) >= 11 is 0. The number of rotatable bonds is 7. The zero-order valence-corrected chi connectivity index (χ0v) is 13.4. The normalized spacial score (nSPS) is 11.6.